The minimum Gasteiger partial charge on any atom is -0.339 e. The number of nitrogens with zero attached hydrogens (tertiary/aromatic N) is 3. The summed E-state index contributed by atoms with van der Waals surface area (Å²) in [5.41, 5.74) is 2.00. The van der Waals surface area contributed by atoms with Crippen LogP contribution in [0.1, 0.15) is 36.5 Å². The number of aromatic nitrogens is 2. The molecule has 2 amide bonds. The van der Waals surface area contributed by atoms with Crippen molar-refractivity contribution in [1.29, 1.82) is 0 Å². The number of nitrogens with one attached hydrogen (secondary N) is 1. The van der Waals surface area contributed by atoms with Crippen LogP contribution >= 0.6 is 0 Å². The second-order valence-electron chi connectivity index (χ2n) is 6.48. The van der Waals surface area contributed by atoms with Gasteiger partial charge in [-0.1, -0.05) is 41.6 Å². The summed E-state index contributed by atoms with van der Waals surface area (Å²) in [7, 11) is 0. The maximum Gasteiger partial charge on any atom is 0.253 e. The summed E-state index contributed by atoms with van der Waals surface area (Å²) in [6, 6.07) is 16.5. The van der Waals surface area contributed by atoms with Crippen LogP contribution in [-0.2, 0) is 11.2 Å². The second-order valence-corrected chi connectivity index (χ2v) is 6.48. The first-order valence-electron chi connectivity index (χ1n) is 9.68. The van der Waals surface area contributed by atoms with E-state index in [-0.39, 0.29) is 18.2 Å². The Labute approximate surface area is 169 Å². The van der Waals surface area contributed by atoms with Crippen LogP contribution in [0.2, 0.25) is 0 Å². The number of anilines is 1. The second kappa shape index (κ2) is 9.64. The first-order chi connectivity index (χ1) is 14.1. The lowest BCUT2D eigenvalue weighted by Gasteiger charge is -2.19. The fourth-order valence-electron chi connectivity index (χ4n) is 2.93. The number of benzene rings is 2. The summed E-state index contributed by atoms with van der Waals surface area (Å²) < 4.78 is 5.23. The molecule has 0 aliphatic heterocycles. The molecule has 0 atom stereocenters. The summed E-state index contributed by atoms with van der Waals surface area (Å²) in [6.07, 6.45) is 0.536. The van der Waals surface area contributed by atoms with Gasteiger partial charge in [0.25, 0.3) is 5.91 Å². The van der Waals surface area contributed by atoms with E-state index < -0.39 is 0 Å². The highest BCUT2D eigenvalue weighted by Gasteiger charge is 2.14. The zero-order valence-electron chi connectivity index (χ0n) is 16.6. The number of carbonyl (C=O) groups is 2. The number of amides is 2. The molecule has 2 aromatic carbocycles. The number of hydrogen-bond donors (Lipinski definition) is 1. The summed E-state index contributed by atoms with van der Waals surface area (Å²) in [6.45, 7) is 5.16. The molecule has 0 saturated heterocycles. The minimum atomic E-state index is -0.183. The van der Waals surface area contributed by atoms with Crippen LogP contribution in [-0.4, -0.2) is 39.9 Å². The number of aryl methyl sites for hydroxylation is 1. The van der Waals surface area contributed by atoms with Gasteiger partial charge in [0.2, 0.25) is 17.6 Å². The van der Waals surface area contributed by atoms with Gasteiger partial charge in [0, 0.05) is 42.7 Å². The van der Waals surface area contributed by atoms with Crippen molar-refractivity contribution < 1.29 is 14.1 Å². The van der Waals surface area contributed by atoms with E-state index in [4.69, 9.17) is 4.52 Å². The summed E-state index contributed by atoms with van der Waals surface area (Å²) in [5.74, 6) is 0.676. The van der Waals surface area contributed by atoms with E-state index in [9.17, 15) is 9.59 Å². The van der Waals surface area contributed by atoms with E-state index in [2.05, 4.69) is 15.5 Å². The third-order valence-corrected chi connectivity index (χ3v) is 4.51. The Balaban J connectivity index is 1.57. The first-order valence-corrected chi connectivity index (χ1v) is 9.68. The molecule has 0 aliphatic carbocycles. The van der Waals surface area contributed by atoms with Gasteiger partial charge in [0.05, 0.1) is 0 Å². The van der Waals surface area contributed by atoms with Crippen LogP contribution in [0, 0.1) is 0 Å². The van der Waals surface area contributed by atoms with Crippen LogP contribution in [0.4, 0.5) is 5.69 Å². The third kappa shape index (κ3) is 5.28. The lowest BCUT2D eigenvalue weighted by Crippen LogP contribution is -2.30. The van der Waals surface area contributed by atoms with Gasteiger partial charge in [0.15, 0.2) is 0 Å². The SMILES string of the molecule is CCN(CC)C(=O)c1cccc(NC(=O)CCc2nc(-c3ccccc3)no2)c1. The molecule has 0 saturated carbocycles. The Morgan fingerprint density at radius 1 is 1.03 bits per heavy atom. The standard InChI is InChI=1S/C22H24N4O3/c1-3-26(4-2)22(28)17-11-8-12-18(15-17)23-19(27)13-14-20-24-21(25-29-20)16-9-6-5-7-10-16/h5-12,15H,3-4,13-14H2,1-2H3,(H,23,27). The molecular weight excluding hydrogens is 368 g/mol. The lowest BCUT2D eigenvalue weighted by molar-refractivity contribution is -0.116. The normalized spacial score (nSPS) is 10.6. The van der Waals surface area contributed by atoms with E-state index >= 15 is 0 Å². The quantitative estimate of drug-likeness (QED) is 0.630. The largest absolute Gasteiger partial charge is 0.339 e. The molecule has 0 unspecified atom stereocenters. The molecule has 29 heavy (non-hydrogen) atoms. The topological polar surface area (TPSA) is 88.3 Å². The van der Waals surface area contributed by atoms with Crippen LogP contribution in [0.15, 0.2) is 59.1 Å². The summed E-state index contributed by atoms with van der Waals surface area (Å²) >= 11 is 0. The molecule has 150 valence electrons. The van der Waals surface area contributed by atoms with E-state index in [0.29, 0.717) is 42.5 Å². The highest BCUT2D eigenvalue weighted by Crippen LogP contribution is 2.16. The number of rotatable bonds is 8. The highest BCUT2D eigenvalue weighted by molar-refractivity contribution is 5.97. The zero-order chi connectivity index (χ0) is 20.6. The van der Waals surface area contributed by atoms with Gasteiger partial charge < -0.3 is 14.7 Å². The van der Waals surface area contributed by atoms with Crippen molar-refractivity contribution in [2.75, 3.05) is 18.4 Å². The predicted octanol–water partition coefficient (Wildman–Crippen LogP) is 3.79. The maximum absolute atomic E-state index is 12.5. The Bertz CT molecular complexity index is 965. The minimum absolute atomic E-state index is 0.0506. The molecule has 0 radical (unpaired) electrons. The molecule has 0 bridgehead atoms. The monoisotopic (exact) mass is 392 g/mol. The van der Waals surface area contributed by atoms with Crippen molar-refractivity contribution in [2.45, 2.75) is 26.7 Å². The summed E-state index contributed by atoms with van der Waals surface area (Å²) in [4.78, 5) is 30.8. The smallest absolute Gasteiger partial charge is 0.253 e. The zero-order valence-corrected chi connectivity index (χ0v) is 16.6. The number of carbonyl (C=O) groups excluding carboxylic acids is 2. The Hall–Kier alpha value is -3.48. The molecule has 0 aliphatic rings. The highest BCUT2D eigenvalue weighted by atomic mass is 16.5. The fourth-order valence-corrected chi connectivity index (χ4v) is 2.93. The van der Waals surface area contributed by atoms with Crippen LogP contribution in [0.3, 0.4) is 0 Å². The van der Waals surface area contributed by atoms with Gasteiger partial charge in [-0.25, -0.2) is 0 Å². The molecule has 7 nitrogen and oxygen atoms in total. The van der Waals surface area contributed by atoms with Gasteiger partial charge in [-0.3, -0.25) is 9.59 Å². The number of hydrogen-bond acceptors (Lipinski definition) is 5. The van der Waals surface area contributed by atoms with Crippen molar-refractivity contribution in [2.24, 2.45) is 0 Å². The molecule has 3 rings (SSSR count). The molecule has 0 fully saturated rings. The van der Waals surface area contributed by atoms with E-state index in [1.807, 2.05) is 44.2 Å². The Morgan fingerprint density at radius 2 is 1.79 bits per heavy atom. The van der Waals surface area contributed by atoms with E-state index in [1.165, 1.54) is 0 Å². The molecule has 1 N–H and O–H groups in total. The molecule has 3 aromatic rings. The average Bonchev–Trinajstić information content (AvgIpc) is 3.23. The van der Waals surface area contributed by atoms with Crippen molar-refractivity contribution in [3.05, 3.63) is 66.1 Å². The van der Waals surface area contributed by atoms with Crippen molar-refractivity contribution >= 4 is 17.5 Å². The maximum atomic E-state index is 12.5. The Kier molecular flexibility index (Phi) is 6.73. The van der Waals surface area contributed by atoms with Crippen LogP contribution < -0.4 is 5.32 Å². The van der Waals surface area contributed by atoms with Crippen LogP contribution in [0.25, 0.3) is 11.4 Å². The van der Waals surface area contributed by atoms with E-state index in [0.717, 1.165) is 5.56 Å². The van der Waals surface area contributed by atoms with Gasteiger partial charge in [-0.2, -0.15) is 4.98 Å². The average molecular weight is 392 g/mol. The third-order valence-electron chi connectivity index (χ3n) is 4.51. The molecule has 7 heteroatoms. The van der Waals surface area contributed by atoms with Gasteiger partial charge in [0.1, 0.15) is 0 Å². The lowest BCUT2D eigenvalue weighted by atomic mass is 10.1. The fraction of sp³-hybridized carbons (Fsp3) is 0.273. The summed E-state index contributed by atoms with van der Waals surface area (Å²) in [5, 5.41) is 6.77. The predicted molar refractivity (Wildman–Crippen MR) is 110 cm³/mol. The molecular formula is C22H24N4O3. The van der Waals surface area contributed by atoms with Crippen molar-refractivity contribution in [3.8, 4) is 11.4 Å². The van der Waals surface area contributed by atoms with Crippen molar-refractivity contribution in [3.63, 3.8) is 0 Å². The van der Waals surface area contributed by atoms with E-state index in [1.54, 1.807) is 29.2 Å². The Morgan fingerprint density at radius 3 is 2.52 bits per heavy atom. The van der Waals surface area contributed by atoms with Gasteiger partial charge in [-0.15, -0.1) is 0 Å². The molecule has 1 aromatic heterocycles. The van der Waals surface area contributed by atoms with Crippen LogP contribution in [0.5, 0.6) is 0 Å². The van der Waals surface area contributed by atoms with Crippen molar-refractivity contribution in [1.82, 2.24) is 15.0 Å². The first kappa shape index (κ1) is 20.3. The molecule has 1 heterocycles. The van der Waals surface area contributed by atoms with Gasteiger partial charge >= 0.3 is 0 Å². The molecule has 0 spiro atoms. The van der Waals surface area contributed by atoms with Gasteiger partial charge in [-0.05, 0) is 32.0 Å².